The number of aromatic amines is 1. The van der Waals surface area contributed by atoms with Crippen LogP contribution in [0.3, 0.4) is 0 Å². The Morgan fingerprint density at radius 1 is 1.42 bits per heavy atom. The van der Waals surface area contributed by atoms with Crippen LogP contribution >= 0.6 is 0 Å². The van der Waals surface area contributed by atoms with Crippen LogP contribution in [0, 0.1) is 5.92 Å². The summed E-state index contributed by atoms with van der Waals surface area (Å²) in [6, 6.07) is 3.77. The van der Waals surface area contributed by atoms with Gasteiger partial charge in [0.25, 0.3) is 0 Å². The lowest BCUT2D eigenvalue weighted by molar-refractivity contribution is 0.230. The van der Waals surface area contributed by atoms with E-state index in [-0.39, 0.29) is 5.54 Å². The topological polar surface area (TPSA) is 76.8 Å². The van der Waals surface area contributed by atoms with Crippen LogP contribution < -0.4 is 10.5 Å². The first-order valence-electron chi connectivity index (χ1n) is 6.81. The van der Waals surface area contributed by atoms with Crippen LogP contribution in [-0.4, -0.2) is 22.1 Å². The zero-order valence-corrected chi connectivity index (χ0v) is 11.4. The second-order valence-corrected chi connectivity index (χ2v) is 5.67. The first kappa shape index (κ1) is 12.4. The number of aromatic nitrogens is 3. The molecule has 0 bridgehead atoms. The monoisotopic (exact) mass is 260 g/mol. The number of fused-ring (bicyclic) bond motifs is 1. The van der Waals surface area contributed by atoms with Crippen LogP contribution in [-0.2, 0) is 5.54 Å². The fourth-order valence-electron chi connectivity index (χ4n) is 3.03. The second kappa shape index (κ2) is 4.49. The second-order valence-electron chi connectivity index (χ2n) is 5.67. The Balaban J connectivity index is 2.00. The number of nitrogens with two attached hydrogens (primary N) is 1. The molecule has 0 spiro atoms. The summed E-state index contributed by atoms with van der Waals surface area (Å²) in [5, 5.41) is 0. The third-order valence-corrected chi connectivity index (χ3v) is 4.03. The van der Waals surface area contributed by atoms with E-state index in [0.29, 0.717) is 17.4 Å². The van der Waals surface area contributed by atoms with E-state index < -0.39 is 0 Å². The lowest BCUT2D eigenvalue weighted by Gasteiger charge is -2.34. The van der Waals surface area contributed by atoms with Gasteiger partial charge < -0.3 is 15.5 Å². The van der Waals surface area contributed by atoms with Gasteiger partial charge in [-0.2, -0.15) is 4.98 Å². The minimum atomic E-state index is -0.342. The minimum Gasteiger partial charge on any atom is -0.481 e. The lowest BCUT2D eigenvalue weighted by Crippen LogP contribution is -2.42. The van der Waals surface area contributed by atoms with E-state index in [1.54, 1.807) is 7.11 Å². The van der Waals surface area contributed by atoms with Gasteiger partial charge in [0.15, 0.2) is 5.65 Å². The molecule has 2 heterocycles. The van der Waals surface area contributed by atoms with Crippen LogP contribution in [0.5, 0.6) is 5.88 Å². The Kier molecular flexibility index (Phi) is 2.93. The van der Waals surface area contributed by atoms with Crippen molar-refractivity contribution >= 4 is 11.2 Å². The summed E-state index contributed by atoms with van der Waals surface area (Å²) in [7, 11) is 1.61. The largest absolute Gasteiger partial charge is 0.481 e. The summed E-state index contributed by atoms with van der Waals surface area (Å²) in [5.74, 6) is 2.08. The van der Waals surface area contributed by atoms with Crippen molar-refractivity contribution in [2.24, 2.45) is 11.7 Å². The van der Waals surface area contributed by atoms with Crippen molar-refractivity contribution in [3.8, 4) is 5.88 Å². The Bertz CT molecular complexity index is 594. The van der Waals surface area contributed by atoms with Gasteiger partial charge in [-0.05, 0) is 24.8 Å². The molecule has 3 rings (SSSR count). The van der Waals surface area contributed by atoms with Gasteiger partial charge >= 0.3 is 0 Å². The molecule has 2 atom stereocenters. The quantitative estimate of drug-likeness (QED) is 0.868. The average Bonchev–Trinajstić information content (AvgIpc) is 2.81. The highest BCUT2D eigenvalue weighted by Gasteiger charge is 2.35. The molecule has 2 unspecified atom stereocenters. The maximum atomic E-state index is 6.55. The highest BCUT2D eigenvalue weighted by atomic mass is 16.5. The third kappa shape index (κ3) is 2.18. The SMILES string of the molecule is COc1ccc2[nH]c(C3(N)CCCC(C)C3)nc2n1. The Morgan fingerprint density at radius 2 is 2.26 bits per heavy atom. The number of nitrogens with one attached hydrogen (secondary N) is 1. The van der Waals surface area contributed by atoms with Gasteiger partial charge in [-0.3, -0.25) is 0 Å². The van der Waals surface area contributed by atoms with E-state index in [1.165, 1.54) is 6.42 Å². The summed E-state index contributed by atoms with van der Waals surface area (Å²) in [4.78, 5) is 12.2. The standard InChI is InChI=1S/C14H20N4O/c1-9-4-3-7-14(15,8-9)13-16-10-5-6-11(19-2)17-12(10)18-13/h5-6,9H,3-4,7-8,15H2,1-2H3,(H,16,17,18). The molecule has 0 aliphatic heterocycles. The van der Waals surface area contributed by atoms with Crippen molar-refractivity contribution < 1.29 is 4.74 Å². The first-order valence-corrected chi connectivity index (χ1v) is 6.81. The van der Waals surface area contributed by atoms with Crippen molar-refractivity contribution in [3.63, 3.8) is 0 Å². The molecule has 0 amide bonds. The normalized spacial score (nSPS) is 27.6. The number of pyridine rings is 1. The molecule has 1 fully saturated rings. The molecule has 5 heteroatoms. The molecule has 1 aliphatic carbocycles. The Labute approximate surface area is 112 Å². The number of rotatable bonds is 2. The molecule has 0 radical (unpaired) electrons. The van der Waals surface area contributed by atoms with Gasteiger partial charge in [-0.1, -0.05) is 19.8 Å². The van der Waals surface area contributed by atoms with E-state index in [4.69, 9.17) is 10.5 Å². The van der Waals surface area contributed by atoms with E-state index in [9.17, 15) is 0 Å². The van der Waals surface area contributed by atoms with Crippen molar-refractivity contribution in [2.75, 3.05) is 7.11 Å². The molecular weight excluding hydrogens is 240 g/mol. The number of imidazole rings is 1. The molecule has 1 aliphatic rings. The Morgan fingerprint density at radius 3 is 3.00 bits per heavy atom. The predicted molar refractivity (Wildman–Crippen MR) is 73.9 cm³/mol. The zero-order valence-electron chi connectivity index (χ0n) is 11.4. The summed E-state index contributed by atoms with van der Waals surface area (Å²) < 4.78 is 5.12. The van der Waals surface area contributed by atoms with Gasteiger partial charge in [0.2, 0.25) is 5.88 Å². The molecule has 5 nitrogen and oxygen atoms in total. The van der Waals surface area contributed by atoms with Crippen LogP contribution in [0.2, 0.25) is 0 Å². The van der Waals surface area contributed by atoms with Crippen LogP contribution in [0.4, 0.5) is 0 Å². The maximum absolute atomic E-state index is 6.55. The highest BCUT2D eigenvalue weighted by molar-refractivity contribution is 5.71. The number of hydrogen-bond donors (Lipinski definition) is 2. The summed E-state index contributed by atoms with van der Waals surface area (Å²) >= 11 is 0. The first-order chi connectivity index (χ1) is 9.10. The van der Waals surface area contributed by atoms with E-state index >= 15 is 0 Å². The number of nitrogens with zero attached hydrogens (tertiary/aromatic N) is 2. The minimum absolute atomic E-state index is 0.342. The smallest absolute Gasteiger partial charge is 0.215 e. The van der Waals surface area contributed by atoms with Gasteiger partial charge in [0.05, 0.1) is 18.2 Å². The molecule has 102 valence electrons. The molecule has 19 heavy (non-hydrogen) atoms. The van der Waals surface area contributed by atoms with E-state index in [1.807, 2.05) is 12.1 Å². The summed E-state index contributed by atoms with van der Waals surface area (Å²) in [6.07, 6.45) is 4.37. The Hall–Kier alpha value is -1.62. The van der Waals surface area contributed by atoms with Gasteiger partial charge in [0.1, 0.15) is 5.82 Å². The fraction of sp³-hybridized carbons (Fsp3) is 0.571. The van der Waals surface area contributed by atoms with E-state index in [2.05, 4.69) is 21.9 Å². The number of methoxy groups -OCH3 is 1. The van der Waals surface area contributed by atoms with Crippen LogP contribution in [0.25, 0.3) is 11.2 Å². The zero-order chi connectivity index (χ0) is 13.5. The molecule has 2 aromatic rings. The van der Waals surface area contributed by atoms with Gasteiger partial charge in [0, 0.05) is 6.07 Å². The highest BCUT2D eigenvalue weighted by Crippen LogP contribution is 2.37. The fourth-order valence-corrected chi connectivity index (χ4v) is 3.03. The van der Waals surface area contributed by atoms with Gasteiger partial charge in [-0.15, -0.1) is 0 Å². The molecule has 2 aromatic heterocycles. The third-order valence-electron chi connectivity index (χ3n) is 4.03. The van der Waals surface area contributed by atoms with Crippen molar-refractivity contribution in [2.45, 2.75) is 38.1 Å². The maximum Gasteiger partial charge on any atom is 0.215 e. The van der Waals surface area contributed by atoms with Crippen LogP contribution in [0.15, 0.2) is 12.1 Å². The predicted octanol–water partition coefficient (Wildman–Crippen LogP) is 2.33. The molecule has 0 aromatic carbocycles. The summed E-state index contributed by atoms with van der Waals surface area (Å²) in [5.41, 5.74) is 7.80. The molecule has 1 saturated carbocycles. The molecule has 3 N–H and O–H groups in total. The number of ether oxygens (including phenoxy) is 1. The van der Waals surface area contributed by atoms with Crippen molar-refractivity contribution in [1.29, 1.82) is 0 Å². The van der Waals surface area contributed by atoms with Crippen molar-refractivity contribution in [3.05, 3.63) is 18.0 Å². The van der Waals surface area contributed by atoms with Gasteiger partial charge in [-0.25, -0.2) is 4.98 Å². The van der Waals surface area contributed by atoms with Crippen molar-refractivity contribution in [1.82, 2.24) is 15.0 Å². The number of hydrogen-bond acceptors (Lipinski definition) is 4. The van der Waals surface area contributed by atoms with E-state index in [0.717, 1.165) is 30.6 Å². The summed E-state index contributed by atoms with van der Waals surface area (Å²) in [6.45, 7) is 2.25. The lowest BCUT2D eigenvalue weighted by atomic mass is 9.76. The molecule has 0 saturated heterocycles. The molecular formula is C14H20N4O. The average molecular weight is 260 g/mol. The number of H-pyrrole nitrogens is 1. The van der Waals surface area contributed by atoms with Crippen LogP contribution in [0.1, 0.15) is 38.4 Å².